The maximum absolute atomic E-state index is 12.4. The number of benzene rings is 1. The number of rotatable bonds is 8. The number of hydrogen-bond donors (Lipinski definition) is 1. The molecule has 1 fully saturated rings. The number of nitrogens with one attached hydrogen (secondary N) is 1. The largest absolute Gasteiger partial charge is 0.483 e. The van der Waals surface area contributed by atoms with E-state index in [9.17, 15) is 4.79 Å². The molecule has 3 atom stereocenters. The minimum atomic E-state index is -0.221. The minimum Gasteiger partial charge on any atom is -0.483 e. The number of amides is 1. The van der Waals surface area contributed by atoms with E-state index in [1.807, 2.05) is 41.8 Å². The summed E-state index contributed by atoms with van der Waals surface area (Å²) in [6.45, 7) is 6.98. The smallest absolute Gasteiger partial charge is 0.230 e. The van der Waals surface area contributed by atoms with Crippen LogP contribution in [0.25, 0.3) is 0 Å². The van der Waals surface area contributed by atoms with Crippen molar-refractivity contribution in [3.63, 3.8) is 0 Å². The molecule has 0 spiro atoms. The number of ether oxygens (including phenoxy) is 1. The van der Waals surface area contributed by atoms with Gasteiger partial charge < -0.3 is 14.6 Å². The molecule has 152 valence electrons. The summed E-state index contributed by atoms with van der Waals surface area (Å²) >= 11 is 1.44. The van der Waals surface area contributed by atoms with E-state index in [1.54, 1.807) is 0 Å². The molecule has 0 radical (unpaired) electrons. The van der Waals surface area contributed by atoms with Crippen molar-refractivity contribution in [3.05, 3.63) is 36.2 Å². The molecule has 1 amide bonds. The van der Waals surface area contributed by atoms with Gasteiger partial charge in [0.2, 0.25) is 5.91 Å². The summed E-state index contributed by atoms with van der Waals surface area (Å²) in [4.78, 5) is 12.4. The minimum absolute atomic E-state index is 0.0736. The highest BCUT2D eigenvalue weighted by atomic mass is 32.2. The summed E-state index contributed by atoms with van der Waals surface area (Å²) in [7, 11) is 0. The Labute approximate surface area is 171 Å². The second-order valence-corrected chi connectivity index (χ2v) is 8.33. The van der Waals surface area contributed by atoms with Gasteiger partial charge in [0.05, 0.1) is 5.75 Å². The first kappa shape index (κ1) is 20.7. The highest BCUT2D eigenvalue weighted by molar-refractivity contribution is 7.99. The van der Waals surface area contributed by atoms with Crippen molar-refractivity contribution in [1.29, 1.82) is 0 Å². The van der Waals surface area contributed by atoms with Gasteiger partial charge in [0.25, 0.3) is 0 Å². The number of aromatic nitrogens is 3. The van der Waals surface area contributed by atoms with E-state index in [4.69, 9.17) is 4.74 Å². The summed E-state index contributed by atoms with van der Waals surface area (Å²) in [5.74, 6) is 2.56. The van der Waals surface area contributed by atoms with Crippen molar-refractivity contribution in [1.82, 2.24) is 20.1 Å². The van der Waals surface area contributed by atoms with Gasteiger partial charge in [-0.2, -0.15) is 0 Å². The Balaban J connectivity index is 1.58. The SMILES string of the molecule is CCn1c(SCC(=O)N[C@@H]2CCCC[C@@H]2C)nnc1[C@@H](C)Oc1ccccc1. The van der Waals surface area contributed by atoms with Crippen LogP contribution < -0.4 is 10.1 Å². The molecular weight excluding hydrogens is 372 g/mol. The third-order valence-electron chi connectivity index (χ3n) is 5.27. The molecule has 1 heterocycles. The van der Waals surface area contributed by atoms with Crippen LogP contribution in [0.1, 0.15) is 58.4 Å². The number of hydrogen-bond acceptors (Lipinski definition) is 5. The molecule has 0 saturated heterocycles. The van der Waals surface area contributed by atoms with Crippen LogP contribution in [0.3, 0.4) is 0 Å². The molecular formula is C21H30N4O2S. The highest BCUT2D eigenvalue weighted by Gasteiger charge is 2.24. The van der Waals surface area contributed by atoms with Gasteiger partial charge in [-0.3, -0.25) is 4.79 Å². The van der Waals surface area contributed by atoms with E-state index in [1.165, 1.54) is 31.0 Å². The van der Waals surface area contributed by atoms with E-state index in [-0.39, 0.29) is 12.0 Å². The lowest BCUT2D eigenvalue weighted by Gasteiger charge is -2.29. The third-order valence-corrected chi connectivity index (χ3v) is 6.24. The van der Waals surface area contributed by atoms with E-state index in [0.717, 1.165) is 29.7 Å². The standard InChI is InChI=1S/C21H30N4O2S/c1-4-25-20(16(3)27-17-11-6-5-7-12-17)23-24-21(25)28-14-19(26)22-18-13-9-8-10-15(18)2/h5-7,11-12,15-16,18H,4,8-10,13-14H2,1-3H3,(H,22,26)/t15-,16+,18+/m0/s1. The average molecular weight is 403 g/mol. The molecule has 7 heteroatoms. The van der Waals surface area contributed by atoms with Crippen LogP contribution in [0.4, 0.5) is 0 Å². The number of carbonyl (C=O) groups is 1. The molecule has 1 aliphatic rings. The van der Waals surface area contributed by atoms with E-state index in [0.29, 0.717) is 17.7 Å². The quantitative estimate of drug-likeness (QED) is 0.670. The number of para-hydroxylation sites is 1. The first-order valence-corrected chi connectivity index (χ1v) is 11.1. The molecule has 0 unspecified atom stereocenters. The van der Waals surface area contributed by atoms with Crippen LogP contribution >= 0.6 is 11.8 Å². The maximum atomic E-state index is 12.4. The number of carbonyl (C=O) groups excluding carboxylic acids is 1. The monoisotopic (exact) mass is 402 g/mol. The van der Waals surface area contributed by atoms with Crippen molar-refractivity contribution >= 4 is 17.7 Å². The predicted octanol–water partition coefficient (Wildman–Crippen LogP) is 4.23. The molecule has 0 bridgehead atoms. The lowest BCUT2D eigenvalue weighted by Crippen LogP contribution is -2.41. The molecule has 2 aromatic rings. The Bertz CT molecular complexity index is 765. The Morgan fingerprint density at radius 1 is 1.29 bits per heavy atom. The normalized spacial score (nSPS) is 20.5. The van der Waals surface area contributed by atoms with Crippen molar-refractivity contribution in [3.8, 4) is 5.75 Å². The van der Waals surface area contributed by atoms with E-state index < -0.39 is 0 Å². The second kappa shape index (κ2) is 9.96. The van der Waals surface area contributed by atoms with Gasteiger partial charge >= 0.3 is 0 Å². The Morgan fingerprint density at radius 3 is 2.75 bits per heavy atom. The zero-order valence-corrected chi connectivity index (χ0v) is 17.7. The predicted molar refractivity (Wildman–Crippen MR) is 111 cm³/mol. The topological polar surface area (TPSA) is 69.0 Å². The fraction of sp³-hybridized carbons (Fsp3) is 0.571. The molecule has 1 saturated carbocycles. The average Bonchev–Trinajstić information content (AvgIpc) is 3.12. The van der Waals surface area contributed by atoms with Crippen LogP contribution in [-0.2, 0) is 11.3 Å². The van der Waals surface area contributed by atoms with E-state index in [2.05, 4.69) is 29.4 Å². The number of thioether (sulfide) groups is 1. The first-order valence-electron chi connectivity index (χ1n) is 10.2. The summed E-state index contributed by atoms with van der Waals surface area (Å²) < 4.78 is 8.00. The van der Waals surface area contributed by atoms with Crippen molar-refractivity contribution < 1.29 is 9.53 Å². The molecule has 1 N–H and O–H groups in total. The third kappa shape index (κ3) is 5.28. The highest BCUT2D eigenvalue weighted by Crippen LogP contribution is 2.26. The molecule has 3 rings (SSSR count). The van der Waals surface area contributed by atoms with Gasteiger partial charge in [0, 0.05) is 12.6 Å². The summed E-state index contributed by atoms with van der Waals surface area (Å²) in [6, 6.07) is 10.0. The lowest BCUT2D eigenvalue weighted by molar-refractivity contribution is -0.119. The van der Waals surface area contributed by atoms with Crippen LogP contribution in [-0.4, -0.2) is 32.5 Å². The van der Waals surface area contributed by atoms with E-state index >= 15 is 0 Å². The number of nitrogens with zero attached hydrogens (tertiary/aromatic N) is 3. The summed E-state index contributed by atoms with van der Waals surface area (Å²) in [5, 5.41) is 12.6. The van der Waals surface area contributed by atoms with Crippen molar-refractivity contribution in [2.45, 2.75) is 70.3 Å². The molecule has 6 nitrogen and oxygen atoms in total. The van der Waals surface area contributed by atoms with Gasteiger partial charge in [0.1, 0.15) is 5.75 Å². The Kier molecular flexibility index (Phi) is 7.36. The van der Waals surface area contributed by atoms with Crippen molar-refractivity contribution in [2.24, 2.45) is 5.92 Å². The molecule has 1 aliphatic carbocycles. The first-order chi connectivity index (χ1) is 13.6. The summed E-state index contributed by atoms with van der Waals surface area (Å²) in [5.41, 5.74) is 0. The zero-order valence-electron chi connectivity index (χ0n) is 16.9. The van der Waals surface area contributed by atoms with Gasteiger partial charge in [0.15, 0.2) is 17.1 Å². The fourth-order valence-corrected chi connectivity index (χ4v) is 4.49. The van der Waals surface area contributed by atoms with Crippen molar-refractivity contribution in [2.75, 3.05) is 5.75 Å². The van der Waals surface area contributed by atoms with Crippen LogP contribution in [0.2, 0.25) is 0 Å². The van der Waals surface area contributed by atoms with Gasteiger partial charge in [-0.15, -0.1) is 10.2 Å². The van der Waals surface area contributed by atoms with Gasteiger partial charge in [-0.05, 0) is 44.7 Å². The van der Waals surface area contributed by atoms with Crippen LogP contribution in [0.15, 0.2) is 35.5 Å². The fourth-order valence-electron chi connectivity index (χ4n) is 3.67. The van der Waals surface area contributed by atoms with Crippen LogP contribution in [0.5, 0.6) is 5.75 Å². The molecule has 1 aromatic heterocycles. The van der Waals surface area contributed by atoms with Crippen LogP contribution in [0, 0.1) is 5.92 Å². The molecule has 0 aliphatic heterocycles. The maximum Gasteiger partial charge on any atom is 0.230 e. The molecule has 28 heavy (non-hydrogen) atoms. The second-order valence-electron chi connectivity index (χ2n) is 7.38. The van der Waals surface area contributed by atoms with Gasteiger partial charge in [-0.1, -0.05) is 49.7 Å². The zero-order chi connectivity index (χ0) is 19.9. The Morgan fingerprint density at radius 2 is 2.04 bits per heavy atom. The van der Waals surface area contributed by atoms with Gasteiger partial charge in [-0.25, -0.2) is 0 Å². The Hall–Kier alpha value is -2.02. The summed E-state index contributed by atoms with van der Waals surface area (Å²) in [6.07, 6.45) is 4.54. The lowest BCUT2D eigenvalue weighted by atomic mass is 9.86. The molecule has 1 aromatic carbocycles.